The molecule has 6 nitrogen and oxygen atoms in total. The average molecular weight is 288 g/mol. The van der Waals surface area contributed by atoms with Crippen LogP contribution in [0.15, 0.2) is 18.2 Å². The van der Waals surface area contributed by atoms with Crippen LogP contribution in [0.25, 0.3) is 0 Å². The Morgan fingerprint density at radius 1 is 1.33 bits per heavy atom. The summed E-state index contributed by atoms with van der Waals surface area (Å²) in [5.41, 5.74) is 1.39. The fourth-order valence-electron chi connectivity index (χ4n) is 2.85. The summed E-state index contributed by atoms with van der Waals surface area (Å²) >= 11 is 0. The minimum Gasteiger partial charge on any atom is -0.494 e. The van der Waals surface area contributed by atoms with Crippen molar-refractivity contribution < 1.29 is 19.1 Å². The zero-order chi connectivity index (χ0) is 15.0. The fraction of sp³-hybridized carbons (Fsp3) is 0.400. The van der Waals surface area contributed by atoms with Crippen molar-refractivity contribution in [3.63, 3.8) is 0 Å². The number of carbonyl (C=O) groups excluding carboxylic acids is 3. The van der Waals surface area contributed by atoms with Gasteiger partial charge in [-0.25, -0.2) is 0 Å². The molecule has 0 radical (unpaired) electrons. The molecular formula is C15H16N2O4. The summed E-state index contributed by atoms with van der Waals surface area (Å²) < 4.78 is 5.54. The summed E-state index contributed by atoms with van der Waals surface area (Å²) in [6.45, 7) is 2.74. The molecule has 3 rings (SSSR count). The smallest absolute Gasteiger partial charge is 0.255 e. The molecule has 2 heterocycles. The van der Waals surface area contributed by atoms with E-state index in [1.807, 2.05) is 13.0 Å². The summed E-state index contributed by atoms with van der Waals surface area (Å²) in [7, 11) is 0. The van der Waals surface area contributed by atoms with Gasteiger partial charge in [-0.05, 0) is 25.5 Å². The van der Waals surface area contributed by atoms with Gasteiger partial charge in [0.2, 0.25) is 11.8 Å². The monoisotopic (exact) mass is 288 g/mol. The maximum atomic E-state index is 12.5. The van der Waals surface area contributed by atoms with Gasteiger partial charge in [0.05, 0.1) is 13.2 Å². The molecule has 110 valence electrons. The normalized spacial score (nSPS) is 21.3. The first-order chi connectivity index (χ1) is 10.1. The van der Waals surface area contributed by atoms with Gasteiger partial charge in [-0.2, -0.15) is 0 Å². The second-order valence-electron chi connectivity index (χ2n) is 5.12. The molecule has 2 aliphatic heterocycles. The van der Waals surface area contributed by atoms with Crippen molar-refractivity contribution in [1.82, 2.24) is 10.2 Å². The largest absolute Gasteiger partial charge is 0.494 e. The quantitative estimate of drug-likeness (QED) is 0.837. The summed E-state index contributed by atoms with van der Waals surface area (Å²) in [6, 6.07) is 4.75. The van der Waals surface area contributed by atoms with E-state index in [1.54, 1.807) is 12.1 Å². The van der Waals surface area contributed by atoms with E-state index in [4.69, 9.17) is 4.74 Å². The fourth-order valence-corrected chi connectivity index (χ4v) is 2.85. The third-order valence-electron chi connectivity index (χ3n) is 3.84. The van der Waals surface area contributed by atoms with Crippen LogP contribution in [0, 0.1) is 0 Å². The van der Waals surface area contributed by atoms with Crippen LogP contribution < -0.4 is 10.1 Å². The second-order valence-corrected chi connectivity index (χ2v) is 5.12. The number of fused-ring (bicyclic) bond motifs is 1. The topological polar surface area (TPSA) is 75.7 Å². The van der Waals surface area contributed by atoms with Crippen LogP contribution in [0.2, 0.25) is 0 Å². The number of carbonyl (C=O) groups is 3. The Hall–Kier alpha value is -2.37. The molecule has 1 fully saturated rings. The molecule has 1 N–H and O–H groups in total. The molecule has 0 saturated carbocycles. The molecule has 0 aliphatic carbocycles. The minimum atomic E-state index is -0.586. The maximum Gasteiger partial charge on any atom is 0.255 e. The van der Waals surface area contributed by atoms with Crippen LogP contribution in [-0.2, 0) is 16.1 Å². The van der Waals surface area contributed by atoms with Crippen molar-refractivity contribution in [2.24, 2.45) is 0 Å². The van der Waals surface area contributed by atoms with Crippen molar-refractivity contribution in [2.45, 2.75) is 32.4 Å². The van der Waals surface area contributed by atoms with Gasteiger partial charge in [-0.3, -0.25) is 19.7 Å². The van der Waals surface area contributed by atoms with Gasteiger partial charge < -0.3 is 9.64 Å². The average Bonchev–Trinajstić information content (AvgIpc) is 2.78. The van der Waals surface area contributed by atoms with Crippen molar-refractivity contribution in [1.29, 1.82) is 0 Å². The number of benzene rings is 1. The Kier molecular flexibility index (Phi) is 3.37. The molecule has 1 saturated heterocycles. The third kappa shape index (κ3) is 2.26. The third-order valence-corrected chi connectivity index (χ3v) is 3.84. The highest BCUT2D eigenvalue weighted by molar-refractivity contribution is 6.05. The summed E-state index contributed by atoms with van der Waals surface area (Å²) in [6.07, 6.45) is 0.628. The molecule has 21 heavy (non-hydrogen) atoms. The number of hydrogen-bond donors (Lipinski definition) is 1. The first kappa shape index (κ1) is 13.6. The SMILES string of the molecule is CCOc1cccc2c1CN([C@@H]1CCC(=O)NC1=O)C2=O. The molecule has 1 atom stereocenters. The second kappa shape index (κ2) is 5.20. The van der Waals surface area contributed by atoms with E-state index in [2.05, 4.69) is 5.32 Å². The van der Waals surface area contributed by atoms with Crippen molar-refractivity contribution in [2.75, 3.05) is 6.61 Å². The number of piperidine rings is 1. The highest BCUT2D eigenvalue weighted by Gasteiger charge is 2.40. The standard InChI is InChI=1S/C15H16N2O4/c1-2-21-12-5-3-4-9-10(12)8-17(15(9)20)11-6-7-13(18)16-14(11)19/h3-5,11H,2,6-8H2,1H3,(H,16,18,19)/t11-/m1/s1. The van der Waals surface area contributed by atoms with E-state index in [0.29, 0.717) is 30.9 Å². The minimum absolute atomic E-state index is 0.180. The van der Waals surface area contributed by atoms with Crippen molar-refractivity contribution in [3.05, 3.63) is 29.3 Å². The molecule has 6 heteroatoms. The maximum absolute atomic E-state index is 12.5. The van der Waals surface area contributed by atoms with Crippen LogP contribution in [-0.4, -0.2) is 35.3 Å². The van der Waals surface area contributed by atoms with Gasteiger partial charge in [-0.15, -0.1) is 0 Å². The van der Waals surface area contributed by atoms with Crippen molar-refractivity contribution in [3.8, 4) is 5.75 Å². The lowest BCUT2D eigenvalue weighted by molar-refractivity contribution is -0.136. The zero-order valence-corrected chi connectivity index (χ0v) is 11.7. The van der Waals surface area contributed by atoms with Gasteiger partial charge in [0.1, 0.15) is 11.8 Å². The molecule has 0 spiro atoms. The lowest BCUT2D eigenvalue weighted by Crippen LogP contribution is -2.52. The van der Waals surface area contributed by atoms with Gasteiger partial charge >= 0.3 is 0 Å². The van der Waals surface area contributed by atoms with E-state index >= 15 is 0 Å². The molecule has 0 aromatic heterocycles. The van der Waals surface area contributed by atoms with Crippen LogP contribution in [0.1, 0.15) is 35.7 Å². The Labute approximate surface area is 122 Å². The number of nitrogens with one attached hydrogen (secondary N) is 1. The van der Waals surface area contributed by atoms with E-state index in [1.165, 1.54) is 4.90 Å². The van der Waals surface area contributed by atoms with E-state index in [9.17, 15) is 14.4 Å². The number of imide groups is 1. The zero-order valence-electron chi connectivity index (χ0n) is 11.7. The van der Waals surface area contributed by atoms with Crippen LogP contribution >= 0.6 is 0 Å². The molecule has 3 amide bonds. The lowest BCUT2D eigenvalue weighted by atomic mass is 10.0. The number of nitrogens with zero attached hydrogens (tertiary/aromatic N) is 1. The molecule has 0 unspecified atom stereocenters. The molecule has 2 aliphatic rings. The lowest BCUT2D eigenvalue weighted by Gasteiger charge is -2.29. The van der Waals surface area contributed by atoms with Crippen LogP contribution in [0.4, 0.5) is 0 Å². The van der Waals surface area contributed by atoms with Crippen molar-refractivity contribution >= 4 is 17.7 Å². The predicted molar refractivity (Wildman–Crippen MR) is 73.7 cm³/mol. The summed E-state index contributed by atoms with van der Waals surface area (Å²) in [5.74, 6) is -0.181. The van der Waals surface area contributed by atoms with Crippen LogP contribution in [0.3, 0.4) is 0 Å². The number of hydrogen-bond acceptors (Lipinski definition) is 4. The van der Waals surface area contributed by atoms with Crippen LogP contribution in [0.5, 0.6) is 5.75 Å². The van der Waals surface area contributed by atoms with E-state index < -0.39 is 11.9 Å². The first-order valence-corrected chi connectivity index (χ1v) is 7.01. The van der Waals surface area contributed by atoms with Gasteiger partial charge in [0.15, 0.2) is 0 Å². The highest BCUT2D eigenvalue weighted by Crippen LogP contribution is 2.33. The molecule has 1 aromatic carbocycles. The number of amides is 3. The predicted octanol–water partition coefficient (Wildman–Crippen LogP) is 0.846. The summed E-state index contributed by atoms with van der Waals surface area (Å²) in [4.78, 5) is 37.2. The van der Waals surface area contributed by atoms with Gasteiger partial charge in [-0.1, -0.05) is 6.07 Å². The molecule has 0 bridgehead atoms. The van der Waals surface area contributed by atoms with E-state index in [0.717, 1.165) is 5.56 Å². The first-order valence-electron chi connectivity index (χ1n) is 7.01. The Bertz CT molecular complexity index is 626. The Morgan fingerprint density at radius 3 is 2.86 bits per heavy atom. The Morgan fingerprint density at radius 2 is 2.14 bits per heavy atom. The highest BCUT2D eigenvalue weighted by atomic mass is 16.5. The number of ether oxygens (including phenoxy) is 1. The molecular weight excluding hydrogens is 272 g/mol. The van der Waals surface area contributed by atoms with Gasteiger partial charge in [0, 0.05) is 17.5 Å². The summed E-state index contributed by atoms with van der Waals surface area (Å²) in [5, 5.41) is 2.29. The number of rotatable bonds is 3. The van der Waals surface area contributed by atoms with Gasteiger partial charge in [0.25, 0.3) is 5.91 Å². The molecule has 1 aromatic rings. The Balaban J connectivity index is 1.88. The van der Waals surface area contributed by atoms with E-state index in [-0.39, 0.29) is 18.2 Å².